The van der Waals surface area contributed by atoms with Crippen LogP contribution in [0.4, 0.5) is 0 Å². The Balaban J connectivity index is 1.67. The van der Waals surface area contributed by atoms with E-state index >= 15 is 0 Å². The van der Waals surface area contributed by atoms with Crippen LogP contribution in [0.3, 0.4) is 0 Å². The van der Waals surface area contributed by atoms with Crippen molar-refractivity contribution in [2.45, 2.75) is 57.5 Å². The van der Waals surface area contributed by atoms with Crippen molar-refractivity contribution < 1.29 is 13.2 Å². The van der Waals surface area contributed by atoms with Gasteiger partial charge >= 0.3 is 0 Å². The third-order valence-corrected chi connectivity index (χ3v) is 9.22. The van der Waals surface area contributed by atoms with E-state index in [1.807, 2.05) is 40.0 Å². The highest BCUT2D eigenvalue weighted by Crippen LogP contribution is 2.29. The molecule has 0 spiro atoms. The van der Waals surface area contributed by atoms with Gasteiger partial charge < -0.3 is 9.88 Å². The summed E-state index contributed by atoms with van der Waals surface area (Å²) in [4.78, 5) is 34.2. The molecular weight excluding hydrogens is 460 g/mol. The summed E-state index contributed by atoms with van der Waals surface area (Å²) in [6.07, 6.45) is 2.33. The molecule has 180 valence electrons. The van der Waals surface area contributed by atoms with Gasteiger partial charge in [0.1, 0.15) is 0 Å². The average molecular weight is 493 g/mol. The Hall–Kier alpha value is -2.17. The number of H-pyrrole nitrogens is 1. The van der Waals surface area contributed by atoms with Crippen LogP contribution in [0.1, 0.15) is 39.9 Å². The number of piperazine rings is 1. The fourth-order valence-electron chi connectivity index (χ4n) is 4.24. The highest BCUT2D eigenvalue weighted by atomic mass is 32.2. The number of thioether (sulfide) groups is 1. The second-order valence-corrected chi connectivity index (χ2v) is 11.2. The molecule has 3 rings (SSSR count). The number of nitrogens with zero attached hydrogens (tertiary/aromatic N) is 3. The molecule has 1 aromatic heterocycles. The first-order valence-electron chi connectivity index (χ1n) is 11.0. The first-order chi connectivity index (χ1) is 15.5. The molecule has 2 heterocycles. The maximum Gasteiger partial charge on any atom is 0.254 e. The Morgan fingerprint density at radius 1 is 1.06 bits per heavy atom. The monoisotopic (exact) mass is 492 g/mol. The molecule has 1 aromatic carbocycles. The molecule has 1 N–H and O–H groups in total. The summed E-state index contributed by atoms with van der Waals surface area (Å²) in [6.45, 7) is 10.5. The second kappa shape index (κ2) is 9.99. The fourth-order valence-corrected chi connectivity index (χ4v) is 6.66. The zero-order chi connectivity index (χ0) is 24.5. The number of nitrogens with one attached hydrogen (secondary N) is 1. The Morgan fingerprint density at radius 3 is 2.15 bits per heavy atom. The summed E-state index contributed by atoms with van der Waals surface area (Å²) >= 11 is 1.36. The van der Waals surface area contributed by atoms with E-state index in [1.165, 1.54) is 16.1 Å². The molecule has 0 radical (unpaired) electrons. The first kappa shape index (κ1) is 25.5. The minimum absolute atomic E-state index is 0.0847. The topological polar surface area (TPSA) is 103 Å². The van der Waals surface area contributed by atoms with E-state index in [0.29, 0.717) is 40.8 Å². The lowest BCUT2D eigenvalue weighted by molar-refractivity contribution is -0.132. The summed E-state index contributed by atoms with van der Waals surface area (Å²) < 4.78 is 28.3. The van der Waals surface area contributed by atoms with Crippen LogP contribution in [-0.2, 0) is 21.2 Å². The van der Waals surface area contributed by atoms with E-state index < -0.39 is 10.0 Å². The predicted molar refractivity (Wildman–Crippen MR) is 130 cm³/mol. The first-order valence-corrected chi connectivity index (χ1v) is 13.6. The van der Waals surface area contributed by atoms with Crippen molar-refractivity contribution in [2.75, 3.05) is 32.4 Å². The maximum atomic E-state index is 13.4. The molecule has 0 aliphatic carbocycles. The summed E-state index contributed by atoms with van der Waals surface area (Å²) in [6, 6.07) is 2.01. The number of aryl methyl sites for hydroxylation is 3. The number of rotatable bonds is 6. The van der Waals surface area contributed by atoms with Gasteiger partial charge in [-0.25, -0.2) is 13.4 Å². The molecule has 33 heavy (non-hydrogen) atoms. The lowest BCUT2D eigenvalue weighted by Crippen LogP contribution is -2.50. The van der Waals surface area contributed by atoms with Crippen LogP contribution >= 0.6 is 11.8 Å². The number of aromatic nitrogens is 2. The van der Waals surface area contributed by atoms with Crippen molar-refractivity contribution in [3.05, 3.63) is 49.9 Å². The molecule has 1 amide bonds. The molecule has 0 saturated carbocycles. The SMILES string of the molecule is CSc1nc(C)c(CCC(=O)N2CCN(S(=O)(=O)c3c(C)c(C)cc(C)c3C)CC2)c(=O)[nH]1. The molecule has 1 saturated heterocycles. The van der Waals surface area contributed by atoms with Gasteiger partial charge in [0, 0.05) is 43.9 Å². The van der Waals surface area contributed by atoms with Crippen LogP contribution < -0.4 is 5.56 Å². The number of aromatic amines is 1. The third-order valence-electron chi connectivity index (χ3n) is 6.47. The Labute approximate surface area is 199 Å². The van der Waals surface area contributed by atoms with E-state index in [0.717, 1.165) is 22.3 Å². The Bertz CT molecular complexity index is 1200. The summed E-state index contributed by atoms with van der Waals surface area (Å²) in [5.41, 5.74) is 4.40. The molecule has 0 bridgehead atoms. The second-order valence-electron chi connectivity index (χ2n) is 8.51. The molecule has 1 aliphatic rings. The number of sulfonamides is 1. The molecule has 1 aliphatic heterocycles. The van der Waals surface area contributed by atoms with Crippen molar-refractivity contribution >= 4 is 27.7 Å². The smallest absolute Gasteiger partial charge is 0.254 e. The Morgan fingerprint density at radius 2 is 1.64 bits per heavy atom. The van der Waals surface area contributed by atoms with Crippen molar-refractivity contribution in [1.29, 1.82) is 0 Å². The summed E-state index contributed by atoms with van der Waals surface area (Å²) in [5.74, 6) is -0.0847. The van der Waals surface area contributed by atoms with Crippen molar-refractivity contribution in [3.63, 3.8) is 0 Å². The molecule has 0 unspecified atom stereocenters. The zero-order valence-corrected chi connectivity index (χ0v) is 21.7. The molecule has 8 nitrogen and oxygen atoms in total. The normalized spacial score (nSPS) is 15.2. The van der Waals surface area contributed by atoms with Crippen molar-refractivity contribution in [1.82, 2.24) is 19.2 Å². The molecule has 10 heteroatoms. The molecule has 2 aromatic rings. The van der Waals surface area contributed by atoms with Crippen LogP contribution in [0.2, 0.25) is 0 Å². The van der Waals surface area contributed by atoms with E-state index in [-0.39, 0.29) is 31.0 Å². The third kappa shape index (κ3) is 5.17. The van der Waals surface area contributed by atoms with Crippen molar-refractivity contribution in [3.8, 4) is 0 Å². The summed E-state index contributed by atoms with van der Waals surface area (Å²) in [5, 5.41) is 0.555. The molecular formula is C23H32N4O4S2. The van der Waals surface area contributed by atoms with Gasteiger partial charge in [-0.05, 0) is 69.5 Å². The predicted octanol–water partition coefficient (Wildman–Crippen LogP) is 2.50. The standard InChI is InChI=1S/C23H32N4O4S2/c1-14-13-15(2)17(4)21(16(14)3)33(30,31)27-11-9-26(10-12-27)20(28)8-7-19-18(5)24-23(32-6)25-22(19)29/h13H,7-12H2,1-6H3,(H,24,25,29). The van der Waals surface area contributed by atoms with Crippen LogP contribution in [0.25, 0.3) is 0 Å². The number of amides is 1. The number of hydrogen-bond acceptors (Lipinski definition) is 6. The van der Waals surface area contributed by atoms with Crippen LogP contribution in [-0.4, -0.2) is 65.9 Å². The van der Waals surface area contributed by atoms with Crippen LogP contribution in [0, 0.1) is 34.6 Å². The maximum absolute atomic E-state index is 13.4. The summed E-state index contributed by atoms with van der Waals surface area (Å²) in [7, 11) is -3.65. The van der Waals surface area contributed by atoms with E-state index in [4.69, 9.17) is 0 Å². The van der Waals surface area contributed by atoms with E-state index in [2.05, 4.69) is 9.97 Å². The van der Waals surface area contributed by atoms with Gasteiger partial charge in [0.2, 0.25) is 15.9 Å². The fraction of sp³-hybridized carbons (Fsp3) is 0.522. The van der Waals surface area contributed by atoms with Gasteiger partial charge in [-0.15, -0.1) is 0 Å². The number of benzene rings is 1. The van der Waals surface area contributed by atoms with Gasteiger partial charge in [-0.1, -0.05) is 17.8 Å². The van der Waals surface area contributed by atoms with Crippen molar-refractivity contribution in [2.24, 2.45) is 0 Å². The highest BCUT2D eigenvalue weighted by Gasteiger charge is 2.32. The number of carbonyl (C=O) groups is 1. The van der Waals surface area contributed by atoms with Gasteiger partial charge in [0.05, 0.1) is 4.90 Å². The van der Waals surface area contributed by atoms with Gasteiger partial charge in [-0.2, -0.15) is 4.31 Å². The van der Waals surface area contributed by atoms with Crippen LogP contribution in [0.15, 0.2) is 20.9 Å². The number of carbonyl (C=O) groups excluding carboxylic acids is 1. The molecule has 1 fully saturated rings. The van der Waals surface area contributed by atoms with Crippen LogP contribution in [0.5, 0.6) is 0 Å². The van der Waals surface area contributed by atoms with Gasteiger partial charge in [-0.3, -0.25) is 9.59 Å². The van der Waals surface area contributed by atoms with Gasteiger partial charge in [0.25, 0.3) is 5.56 Å². The zero-order valence-electron chi connectivity index (χ0n) is 20.1. The average Bonchev–Trinajstić information content (AvgIpc) is 2.77. The minimum atomic E-state index is -3.65. The Kier molecular flexibility index (Phi) is 7.70. The quantitative estimate of drug-likeness (QED) is 0.491. The highest BCUT2D eigenvalue weighted by molar-refractivity contribution is 7.98. The largest absolute Gasteiger partial charge is 0.340 e. The minimum Gasteiger partial charge on any atom is -0.340 e. The van der Waals surface area contributed by atoms with E-state index in [1.54, 1.807) is 11.8 Å². The molecule has 0 atom stereocenters. The van der Waals surface area contributed by atoms with Gasteiger partial charge in [0.15, 0.2) is 5.16 Å². The lowest BCUT2D eigenvalue weighted by Gasteiger charge is -2.35. The lowest BCUT2D eigenvalue weighted by atomic mass is 10.0. The van der Waals surface area contributed by atoms with E-state index in [9.17, 15) is 18.0 Å². The number of hydrogen-bond donors (Lipinski definition) is 1.